The third-order valence-corrected chi connectivity index (χ3v) is 1.84. The van der Waals surface area contributed by atoms with Crippen LogP contribution in [0.15, 0.2) is 33.5 Å². The van der Waals surface area contributed by atoms with Crippen LogP contribution in [0.4, 0.5) is 5.69 Å². The van der Waals surface area contributed by atoms with Crippen LogP contribution in [0.2, 0.25) is 0 Å². The van der Waals surface area contributed by atoms with Crippen LogP contribution >= 0.6 is 0 Å². The van der Waals surface area contributed by atoms with Gasteiger partial charge in [0, 0.05) is 11.0 Å². The molecule has 1 aromatic carbocycles. The molecule has 0 aliphatic rings. The van der Waals surface area contributed by atoms with E-state index in [4.69, 9.17) is 9.81 Å². The van der Waals surface area contributed by atoms with E-state index in [0.29, 0.717) is 0 Å². The van der Waals surface area contributed by atoms with Gasteiger partial charge in [-0.15, -0.1) is 0 Å². The van der Waals surface area contributed by atoms with E-state index in [1.165, 1.54) is 12.1 Å². The molecule has 0 saturated carbocycles. The van der Waals surface area contributed by atoms with E-state index < -0.39 is 17.1 Å². The molecule has 0 radical (unpaired) electrons. The molecule has 1 heterocycles. The normalized spacial score (nSPS) is 9.93. The minimum atomic E-state index is -0.934. The predicted octanol–water partition coefficient (Wildman–Crippen LogP) is 1.35. The summed E-state index contributed by atoms with van der Waals surface area (Å²) in [5.74, 6) is -0.934. The van der Waals surface area contributed by atoms with Gasteiger partial charge in [0.25, 0.3) is 5.43 Å². The van der Waals surface area contributed by atoms with Crippen LogP contribution in [-0.4, -0.2) is 0 Å². The zero-order chi connectivity index (χ0) is 10.1. The quantitative estimate of drug-likeness (QED) is 0.584. The summed E-state index contributed by atoms with van der Waals surface area (Å²) in [6.45, 7) is 0. The van der Waals surface area contributed by atoms with Crippen LogP contribution in [0.3, 0.4) is 0 Å². The van der Waals surface area contributed by atoms with E-state index in [0.717, 1.165) is 0 Å². The van der Waals surface area contributed by atoms with Crippen LogP contribution in [0.25, 0.3) is 15.9 Å². The van der Waals surface area contributed by atoms with Gasteiger partial charge < -0.3 is 9.52 Å². The molecule has 2 rings (SSSR count). The van der Waals surface area contributed by atoms with Crippen molar-refractivity contribution in [1.29, 1.82) is 5.39 Å². The van der Waals surface area contributed by atoms with E-state index in [1.807, 2.05) is 0 Å². The largest absolute Gasteiger partial charge is 0.573 e. The Morgan fingerprint density at radius 2 is 2.07 bits per heavy atom. The molecule has 0 bridgehead atoms. The van der Waals surface area contributed by atoms with Crippen LogP contribution in [0.1, 0.15) is 0 Å². The van der Waals surface area contributed by atoms with Crippen molar-refractivity contribution in [2.75, 3.05) is 0 Å². The number of benzene rings is 1. The van der Waals surface area contributed by atoms with Crippen molar-refractivity contribution >= 4 is 16.7 Å². The summed E-state index contributed by atoms with van der Waals surface area (Å²) in [7, 11) is 0. The smallest absolute Gasteiger partial charge is 0.454 e. The first-order valence-corrected chi connectivity index (χ1v) is 3.82. The molecule has 2 aromatic rings. The van der Waals surface area contributed by atoms with Gasteiger partial charge in [0.05, 0.1) is 0 Å². The minimum Gasteiger partial charge on any atom is -0.573 e. The third-order valence-electron chi connectivity index (χ3n) is 1.84. The Balaban J connectivity index is 3.03. The Hall–Kier alpha value is -2.35. The second kappa shape index (κ2) is 2.85. The topological polar surface area (TPSA) is 81.4 Å². The summed E-state index contributed by atoms with van der Waals surface area (Å²) in [6, 6.07) is 6.26. The SMILES string of the molecule is N#[N+]c1c([O-])oc2ccccc2c1=O. The maximum Gasteiger partial charge on any atom is 0.454 e. The van der Waals surface area contributed by atoms with Gasteiger partial charge in [-0.1, -0.05) is 12.1 Å². The molecule has 0 amide bonds. The summed E-state index contributed by atoms with van der Waals surface area (Å²) in [5.41, 5.74) is -1.03. The molecule has 0 atom stereocenters. The first kappa shape index (κ1) is 8.26. The van der Waals surface area contributed by atoms with E-state index in [9.17, 15) is 9.90 Å². The highest BCUT2D eigenvalue weighted by Crippen LogP contribution is 2.23. The van der Waals surface area contributed by atoms with Gasteiger partial charge in [-0.25, -0.2) is 0 Å². The van der Waals surface area contributed by atoms with Crippen LogP contribution in [-0.2, 0) is 0 Å². The third kappa shape index (κ3) is 1.02. The highest BCUT2D eigenvalue weighted by molar-refractivity contribution is 5.80. The average molecular weight is 188 g/mol. The molecular weight excluding hydrogens is 184 g/mol. The van der Waals surface area contributed by atoms with Gasteiger partial charge in [0.15, 0.2) is 10.9 Å². The van der Waals surface area contributed by atoms with E-state index in [1.54, 1.807) is 12.1 Å². The lowest BCUT2D eigenvalue weighted by molar-refractivity contribution is -0.292. The molecule has 1 aromatic heterocycles. The van der Waals surface area contributed by atoms with Crippen molar-refractivity contribution in [1.82, 2.24) is 0 Å². The lowest BCUT2D eigenvalue weighted by Crippen LogP contribution is -2.04. The Kier molecular flexibility index (Phi) is 1.68. The van der Waals surface area contributed by atoms with E-state index >= 15 is 0 Å². The molecule has 0 unspecified atom stereocenters. The van der Waals surface area contributed by atoms with Crippen LogP contribution in [0, 0.1) is 5.39 Å². The fourth-order valence-electron chi connectivity index (χ4n) is 1.20. The van der Waals surface area contributed by atoms with Crippen molar-refractivity contribution < 1.29 is 9.52 Å². The Morgan fingerprint density at radius 3 is 2.79 bits per heavy atom. The van der Waals surface area contributed by atoms with Crippen LogP contribution < -0.4 is 10.5 Å². The molecule has 14 heavy (non-hydrogen) atoms. The summed E-state index contributed by atoms with van der Waals surface area (Å²) in [6.07, 6.45) is 0. The average Bonchev–Trinajstić information content (AvgIpc) is 2.18. The van der Waals surface area contributed by atoms with Gasteiger partial charge in [-0.2, -0.15) is 0 Å². The Labute approximate surface area is 77.8 Å². The molecule has 0 fully saturated rings. The standard InChI is InChI=1S/C9H4N2O3/c10-11-7-8(12)5-3-1-2-4-6(5)14-9(7)13/h1-4H. The van der Waals surface area contributed by atoms with Gasteiger partial charge in [-0.3, -0.25) is 4.79 Å². The zero-order valence-corrected chi connectivity index (χ0v) is 6.93. The van der Waals surface area contributed by atoms with E-state index in [-0.39, 0.29) is 11.0 Å². The molecular formula is C9H4N2O3. The Morgan fingerprint density at radius 1 is 1.36 bits per heavy atom. The van der Waals surface area contributed by atoms with Crippen molar-refractivity contribution in [2.24, 2.45) is 0 Å². The first-order valence-electron chi connectivity index (χ1n) is 3.82. The number of hydrogen-bond donors (Lipinski definition) is 0. The molecule has 0 spiro atoms. The molecule has 0 N–H and O–H groups in total. The fourth-order valence-corrected chi connectivity index (χ4v) is 1.20. The summed E-state index contributed by atoms with van der Waals surface area (Å²) >= 11 is 0. The van der Waals surface area contributed by atoms with Crippen molar-refractivity contribution in [3.8, 4) is 5.95 Å². The summed E-state index contributed by atoms with van der Waals surface area (Å²) in [5, 5.41) is 19.7. The van der Waals surface area contributed by atoms with Crippen molar-refractivity contribution in [3.63, 3.8) is 0 Å². The Bertz CT molecular complexity index is 595. The van der Waals surface area contributed by atoms with Gasteiger partial charge in [0.1, 0.15) is 0 Å². The first-order chi connectivity index (χ1) is 6.74. The lowest BCUT2D eigenvalue weighted by atomic mass is 10.2. The molecule has 5 nitrogen and oxygen atoms in total. The number of fused-ring (bicyclic) bond motifs is 1. The van der Waals surface area contributed by atoms with Crippen molar-refractivity contribution in [3.05, 3.63) is 39.5 Å². The molecule has 5 heteroatoms. The maximum atomic E-state index is 11.5. The van der Waals surface area contributed by atoms with Gasteiger partial charge in [-0.05, 0) is 12.1 Å². The molecule has 0 aliphatic carbocycles. The highest BCUT2D eigenvalue weighted by Gasteiger charge is 2.17. The number of rotatable bonds is 0. The van der Waals surface area contributed by atoms with Crippen molar-refractivity contribution in [2.45, 2.75) is 0 Å². The predicted molar refractivity (Wildman–Crippen MR) is 46.7 cm³/mol. The summed E-state index contributed by atoms with van der Waals surface area (Å²) in [4.78, 5) is 14.1. The lowest BCUT2D eigenvalue weighted by Gasteiger charge is -2.02. The molecule has 68 valence electrons. The molecule has 0 aliphatic heterocycles. The van der Waals surface area contributed by atoms with Gasteiger partial charge >= 0.3 is 5.69 Å². The zero-order valence-electron chi connectivity index (χ0n) is 6.93. The highest BCUT2D eigenvalue weighted by atomic mass is 16.5. The van der Waals surface area contributed by atoms with Gasteiger partial charge in [0.2, 0.25) is 5.39 Å². The monoisotopic (exact) mass is 188 g/mol. The number of nitrogens with zero attached hydrogens (tertiary/aromatic N) is 2. The molecule has 0 saturated heterocycles. The maximum absolute atomic E-state index is 11.5. The van der Waals surface area contributed by atoms with E-state index in [2.05, 4.69) is 4.98 Å². The minimum absolute atomic E-state index is 0.190. The number of diazo groups is 1. The number of hydrogen-bond acceptors (Lipinski definition) is 4. The number of para-hydroxylation sites is 1. The second-order valence-corrected chi connectivity index (χ2v) is 2.66. The summed E-state index contributed by atoms with van der Waals surface area (Å²) < 4.78 is 4.76. The second-order valence-electron chi connectivity index (χ2n) is 2.66. The van der Waals surface area contributed by atoms with Crippen LogP contribution in [0.5, 0.6) is 5.95 Å². The fraction of sp³-hybridized carbons (Fsp3) is 0.